The summed E-state index contributed by atoms with van der Waals surface area (Å²) in [6.45, 7) is 4.75. The zero-order chi connectivity index (χ0) is 26.1. The number of aliphatic hydroxyl groups excluding tert-OH is 2. The van der Waals surface area contributed by atoms with E-state index < -0.39 is 35.6 Å². The first-order chi connectivity index (χ1) is 17.0. The molecule has 2 heterocycles. The van der Waals surface area contributed by atoms with Crippen LogP contribution < -0.4 is 15.1 Å². The molecule has 4 N–H and O–H groups in total. The van der Waals surface area contributed by atoms with Gasteiger partial charge in [0.05, 0.1) is 31.1 Å². The third kappa shape index (κ3) is 3.35. The van der Waals surface area contributed by atoms with Crippen molar-refractivity contribution in [1.29, 1.82) is 0 Å². The highest BCUT2D eigenvalue weighted by Gasteiger charge is 2.51. The fourth-order valence-electron chi connectivity index (χ4n) is 5.28. The van der Waals surface area contributed by atoms with Gasteiger partial charge in [-0.3, -0.25) is 0 Å². The molecule has 1 aliphatic heterocycles. The quantitative estimate of drug-likeness (QED) is 0.249. The molecule has 1 saturated heterocycles. The summed E-state index contributed by atoms with van der Waals surface area (Å²) in [5, 5.41) is 45.0. The lowest BCUT2D eigenvalue weighted by Gasteiger charge is -2.46. The van der Waals surface area contributed by atoms with Crippen LogP contribution in [0.4, 0.5) is 0 Å². The van der Waals surface area contributed by atoms with E-state index in [2.05, 4.69) is 0 Å². The number of ether oxygens (including phenoxy) is 3. The van der Waals surface area contributed by atoms with Crippen molar-refractivity contribution in [1.82, 2.24) is 0 Å². The Hall–Kier alpha value is -3.37. The fourth-order valence-corrected chi connectivity index (χ4v) is 5.28. The lowest BCUT2D eigenvalue weighted by molar-refractivity contribution is -0.261. The van der Waals surface area contributed by atoms with Gasteiger partial charge < -0.3 is 39.1 Å². The third-order valence-corrected chi connectivity index (χ3v) is 7.18. The second-order valence-electron chi connectivity index (χ2n) is 9.54. The molecule has 5 atom stereocenters. The van der Waals surface area contributed by atoms with Gasteiger partial charge in [0.15, 0.2) is 0 Å². The summed E-state index contributed by atoms with van der Waals surface area (Å²) in [7, 11) is 2.95. The largest absolute Gasteiger partial charge is 0.507 e. The van der Waals surface area contributed by atoms with Crippen LogP contribution in [0.15, 0.2) is 39.5 Å². The summed E-state index contributed by atoms with van der Waals surface area (Å²) in [5.74, 6) is 0.607. The van der Waals surface area contributed by atoms with Crippen molar-refractivity contribution < 1.29 is 39.1 Å². The summed E-state index contributed by atoms with van der Waals surface area (Å²) in [5.41, 5.74) is -1.22. The van der Waals surface area contributed by atoms with Crippen LogP contribution in [-0.4, -0.2) is 58.6 Å². The molecule has 0 bridgehead atoms. The molecule has 36 heavy (non-hydrogen) atoms. The molecule has 0 spiro atoms. The van der Waals surface area contributed by atoms with Crippen LogP contribution in [0.25, 0.3) is 32.5 Å². The first-order valence-corrected chi connectivity index (χ1v) is 11.5. The van der Waals surface area contributed by atoms with Gasteiger partial charge in [0.2, 0.25) is 0 Å². The maximum Gasteiger partial charge on any atom is 0.344 e. The summed E-state index contributed by atoms with van der Waals surface area (Å²) < 4.78 is 23.0. The van der Waals surface area contributed by atoms with Gasteiger partial charge in [0.25, 0.3) is 0 Å². The minimum absolute atomic E-state index is 0.130. The van der Waals surface area contributed by atoms with Crippen molar-refractivity contribution in [2.24, 2.45) is 0 Å². The Balaban J connectivity index is 1.97. The van der Waals surface area contributed by atoms with Crippen molar-refractivity contribution in [3.8, 4) is 17.2 Å². The van der Waals surface area contributed by atoms with Crippen molar-refractivity contribution in [3.63, 3.8) is 0 Å². The van der Waals surface area contributed by atoms with Crippen LogP contribution in [0.3, 0.4) is 0 Å². The first-order valence-electron chi connectivity index (χ1n) is 11.5. The van der Waals surface area contributed by atoms with E-state index in [-0.39, 0.29) is 22.1 Å². The molecule has 5 rings (SSSR count). The molecular weight excluding hydrogens is 468 g/mol. The maximum absolute atomic E-state index is 13.2. The number of phenols is 1. The highest BCUT2D eigenvalue weighted by molar-refractivity contribution is 6.19. The number of methoxy groups -OCH3 is 2. The number of rotatable bonds is 3. The monoisotopic (exact) mass is 496 g/mol. The Morgan fingerprint density at radius 2 is 1.61 bits per heavy atom. The van der Waals surface area contributed by atoms with E-state index in [0.29, 0.717) is 33.2 Å². The average Bonchev–Trinajstić information content (AvgIpc) is 2.85. The molecule has 3 aromatic carbocycles. The van der Waals surface area contributed by atoms with Crippen LogP contribution in [0.5, 0.6) is 17.2 Å². The first kappa shape index (κ1) is 24.3. The van der Waals surface area contributed by atoms with E-state index in [1.165, 1.54) is 33.3 Å². The van der Waals surface area contributed by atoms with E-state index in [1.54, 1.807) is 25.1 Å². The van der Waals surface area contributed by atoms with Gasteiger partial charge in [-0.05, 0) is 56.2 Å². The Morgan fingerprint density at radius 1 is 0.944 bits per heavy atom. The Kier molecular flexibility index (Phi) is 5.64. The molecule has 0 amide bonds. The number of phenolic OH excluding ortho intramolecular Hbond substituents is 1. The number of hydrogen-bond acceptors (Lipinski definition) is 9. The molecular formula is C27H28O9. The molecule has 1 aliphatic rings. The predicted molar refractivity (Wildman–Crippen MR) is 133 cm³/mol. The summed E-state index contributed by atoms with van der Waals surface area (Å²) in [4.78, 5) is 13.2. The molecule has 0 radical (unpaired) electrons. The number of hydrogen-bond donors (Lipinski definition) is 4. The smallest absolute Gasteiger partial charge is 0.344 e. The van der Waals surface area contributed by atoms with Gasteiger partial charge in [-0.2, -0.15) is 0 Å². The highest BCUT2D eigenvalue weighted by Crippen LogP contribution is 2.48. The molecule has 0 saturated carbocycles. The van der Waals surface area contributed by atoms with Crippen LogP contribution in [0.2, 0.25) is 0 Å². The van der Waals surface area contributed by atoms with Gasteiger partial charge in [-0.1, -0.05) is 6.07 Å². The van der Waals surface area contributed by atoms with Crippen molar-refractivity contribution in [2.75, 3.05) is 14.2 Å². The van der Waals surface area contributed by atoms with Crippen LogP contribution in [0.1, 0.15) is 31.1 Å². The standard InChI is InChI=1S/C27H28O9/c1-11-8-15-19(17(9-11)33-4)14-10-18(34-5)21-16(28)7-6-13(20(21)22(14)36-26(15)31)23-25(30)27(3,32)24(29)12(2)35-23/h6-10,12,23-25,28-30,32H,1-5H3/t12-,23+,24+,25-,27+/m1/s1. The number of aromatic hydroxyl groups is 1. The molecule has 0 aliphatic carbocycles. The summed E-state index contributed by atoms with van der Waals surface area (Å²) in [6.07, 6.45) is -4.84. The van der Waals surface area contributed by atoms with Gasteiger partial charge in [0, 0.05) is 16.2 Å². The lowest BCUT2D eigenvalue weighted by atomic mass is 9.80. The van der Waals surface area contributed by atoms with Gasteiger partial charge in [-0.15, -0.1) is 0 Å². The lowest BCUT2D eigenvalue weighted by Crippen LogP contribution is -2.61. The Bertz CT molecular complexity index is 1570. The minimum Gasteiger partial charge on any atom is -0.507 e. The van der Waals surface area contributed by atoms with Crippen molar-refractivity contribution >= 4 is 32.5 Å². The zero-order valence-corrected chi connectivity index (χ0v) is 20.5. The van der Waals surface area contributed by atoms with E-state index in [9.17, 15) is 25.2 Å². The van der Waals surface area contributed by atoms with E-state index >= 15 is 0 Å². The average molecular weight is 497 g/mol. The van der Waals surface area contributed by atoms with E-state index in [4.69, 9.17) is 18.6 Å². The van der Waals surface area contributed by atoms with Crippen molar-refractivity contribution in [2.45, 2.75) is 50.8 Å². The number of aryl methyl sites for hydroxylation is 1. The predicted octanol–water partition coefficient (Wildman–Crippen LogP) is 3.06. The molecule has 190 valence electrons. The number of aliphatic hydroxyl groups is 3. The molecule has 0 unspecified atom stereocenters. The summed E-state index contributed by atoms with van der Waals surface area (Å²) in [6, 6.07) is 8.11. The van der Waals surface area contributed by atoms with E-state index in [0.717, 1.165) is 5.56 Å². The van der Waals surface area contributed by atoms with Crippen LogP contribution in [-0.2, 0) is 4.74 Å². The minimum atomic E-state index is -1.89. The van der Waals surface area contributed by atoms with Crippen LogP contribution in [0, 0.1) is 6.92 Å². The number of benzene rings is 3. The molecule has 1 fully saturated rings. The van der Waals surface area contributed by atoms with Crippen LogP contribution >= 0.6 is 0 Å². The van der Waals surface area contributed by atoms with Crippen molar-refractivity contribution in [3.05, 3.63) is 51.9 Å². The normalized spacial score (nSPS) is 26.6. The summed E-state index contributed by atoms with van der Waals surface area (Å²) >= 11 is 0. The zero-order valence-electron chi connectivity index (χ0n) is 20.5. The second kappa shape index (κ2) is 8.35. The molecule has 9 nitrogen and oxygen atoms in total. The topological polar surface area (TPSA) is 139 Å². The van der Waals surface area contributed by atoms with Gasteiger partial charge in [-0.25, -0.2) is 4.79 Å². The maximum atomic E-state index is 13.2. The van der Waals surface area contributed by atoms with Gasteiger partial charge >= 0.3 is 5.63 Å². The van der Waals surface area contributed by atoms with Gasteiger partial charge in [0.1, 0.15) is 46.7 Å². The second-order valence-corrected chi connectivity index (χ2v) is 9.54. The fraction of sp³-hybridized carbons (Fsp3) is 0.370. The number of fused-ring (bicyclic) bond motifs is 5. The highest BCUT2D eigenvalue weighted by atomic mass is 16.5. The Labute approximate surface area is 206 Å². The molecule has 4 aromatic rings. The Morgan fingerprint density at radius 3 is 2.28 bits per heavy atom. The SMILES string of the molecule is COc1cc2c(oc(=O)c3cc(C)cc(OC)c32)c2c([C@@H]3O[C@H](C)[C@H](O)[C@](C)(O)[C@@H]3O)ccc(O)c12. The van der Waals surface area contributed by atoms with E-state index in [1.807, 2.05) is 6.92 Å². The molecule has 9 heteroatoms. The molecule has 1 aromatic heterocycles. The third-order valence-electron chi connectivity index (χ3n) is 7.18.